The average molecular weight is 713 g/mol. The lowest BCUT2D eigenvalue weighted by Gasteiger charge is -2.13. The second kappa shape index (κ2) is 12.0. The highest BCUT2D eigenvalue weighted by atomic mass is 15.2. The molecule has 0 aliphatic heterocycles. The molecule has 0 fully saturated rings. The highest BCUT2D eigenvalue weighted by Gasteiger charge is 2.21. The molecule has 0 aliphatic rings. The molecule has 12 aromatic rings. The molecule has 0 atom stereocenters. The van der Waals surface area contributed by atoms with Crippen LogP contribution in [0.2, 0.25) is 0 Å². The van der Waals surface area contributed by atoms with E-state index in [4.69, 9.17) is 9.97 Å². The highest BCUT2D eigenvalue weighted by molar-refractivity contribution is 6.22. The first kappa shape index (κ1) is 30.9. The minimum atomic E-state index is 0.650. The van der Waals surface area contributed by atoms with Gasteiger partial charge in [-0.1, -0.05) is 152 Å². The molecule has 0 amide bonds. The topological polar surface area (TPSA) is 35.6 Å². The van der Waals surface area contributed by atoms with Crippen LogP contribution < -0.4 is 0 Å². The Morgan fingerprint density at radius 3 is 1.68 bits per heavy atom. The van der Waals surface area contributed by atoms with Crippen molar-refractivity contribution in [1.82, 2.24) is 19.1 Å². The largest absolute Gasteiger partial charge is 0.309 e. The Bertz CT molecular complexity index is 3480. The van der Waals surface area contributed by atoms with E-state index in [1.165, 1.54) is 59.9 Å². The van der Waals surface area contributed by atoms with Gasteiger partial charge in [-0.25, -0.2) is 9.97 Å². The fourth-order valence-corrected chi connectivity index (χ4v) is 9.00. The van der Waals surface area contributed by atoms with Gasteiger partial charge in [0.05, 0.1) is 33.3 Å². The average Bonchev–Trinajstić information content (AvgIpc) is 3.79. The van der Waals surface area contributed by atoms with E-state index in [-0.39, 0.29) is 0 Å². The molecule has 0 saturated heterocycles. The minimum absolute atomic E-state index is 0.650. The molecule has 3 aromatic heterocycles. The van der Waals surface area contributed by atoms with E-state index in [0.29, 0.717) is 5.95 Å². The minimum Gasteiger partial charge on any atom is -0.309 e. The molecule has 4 nitrogen and oxygen atoms in total. The van der Waals surface area contributed by atoms with Gasteiger partial charge in [-0.05, 0) is 75.1 Å². The van der Waals surface area contributed by atoms with Crippen LogP contribution in [0.1, 0.15) is 0 Å². The quantitative estimate of drug-likeness (QED) is 0.182. The van der Waals surface area contributed by atoms with Crippen molar-refractivity contribution in [3.8, 4) is 34.0 Å². The molecule has 260 valence electrons. The van der Waals surface area contributed by atoms with Gasteiger partial charge in [0, 0.05) is 38.2 Å². The summed E-state index contributed by atoms with van der Waals surface area (Å²) in [6, 6.07) is 69.6. The van der Waals surface area contributed by atoms with Gasteiger partial charge in [-0.15, -0.1) is 0 Å². The summed E-state index contributed by atoms with van der Waals surface area (Å²) >= 11 is 0. The lowest BCUT2D eigenvalue weighted by Crippen LogP contribution is -2.03. The maximum Gasteiger partial charge on any atom is 0.235 e. The summed E-state index contributed by atoms with van der Waals surface area (Å²) < 4.78 is 4.65. The Hall–Kier alpha value is -7.56. The molecule has 0 unspecified atom stereocenters. The van der Waals surface area contributed by atoms with Crippen molar-refractivity contribution in [1.29, 1.82) is 0 Å². The van der Waals surface area contributed by atoms with Crippen LogP contribution in [-0.4, -0.2) is 19.1 Å². The number of hydrogen-bond donors (Lipinski definition) is 0. The zero-order valence-corrected chi connectivity index (χ0v) is 30.3. The zero-order chi connectivity index (χ0) is 36.7. The number of rotatable bonds is 4. The Morgan fingerprint density at radius 1 is 0.339 bits per heavy atom. The zero-order valence-electron chi connectivity index (χ0n) is 30.3. The van der Waals surface area contributed by atoms with Gasteiger partial charge in [0.15, 0.2) is 0 Å². The van der Waals surface area contributed by atoms with Gasteiger partial charge in [0.25, 0.3) is 0 Å². The normalized spacial score (nSPS) is 11.9. The first-order valence-corrected chi connectivity index (χ1v) is 19.1. The van der Waals surface area contributed by atoms with Crippen molar-refractivity contribution in [2.75, 3.05) is 0 Å². The number of nitrogens with zero attached hydrogens (tertiary/aromatic N) is 4. The molecule has 56 heavy (non-hydrogen) atoms. The summed E-state index contributed by atoms with van der Waals surface area (Å²) in [5.41, 5.74) is 10.9. The van der Waals surface area contributed by atoms with Crippen LogP contribution in [-0.2, 0) is 0 Å². The third-order valence-corrected chi connectivity index (χ3v) is 11.5. The van der Waals surface area contributed by atoms with Crippen LogP contribution in [0.4, 0.5) is 0 Å². The lowest BCUT2D eigenvalue weighted by atomic mass is 9.96. The van der Waals surface area contributed by atoms with Crippen LogP contribution in [0.3, 0.4) is 0 Å². The molecule has 0 spiro atoms. The third kappa shape index (κ3) is 4.53. The Balaban J connectivity index is 1.10. The third-order valence-electron chi connectivity index (χ3n) is 11.5. The van der Waals surface area contributed by atoms with Gasteiger partial charge in [0.1, 0.15) is 0 Å². The SMILES string of the molecule is c1ccc2c(-c3ccc(-c4nc(-n5c6ccc(-n7c8ccccc8c8ccccc87)cc6c6c7ccccc7ccc65)nc5ccccc45)cc3)cccc2c1. The Morgan fingerprint density at radius 2 is 0.911 bits per heavy atom. The molecular formula is C52H32N4. The van der Waals surface area contributed by atoms with Crippen LogP contribution in [0.25, 0.3) is 110 Å². The second-order valence-corrected chi connectivity index (χ2v) is 14.6. The molecule has 0 saturated carbocycles. The summed E-state index contributed by atoms with van der Waals surface area (Å²) in [5.74, 6) is 0.650. The first-order valence-electron chi connectivity index (χ1n) is 19.1. The molecule has 4 heteroatoms. The maximum absolute atomic E-state index is 5.45. The van der Waals surface area contributed by atoms with Crippen molar-refractivity contribution < 1.29 is 0 Å². The van der Waals surface area contributed by atoms with Crippen molar-refractivity contribution in [2.45, 2.75) is 0 Å². The van der Waals surface area contributed by atoms with Crippen molar-refractivity contribution in [2.24, 2.45) is 0 Å². The molecule has 9 aromatic carbocycles. The van der Waals surface area contributed by atoms with Gasteiger partial charge in [-0.3, -0.25) is 4.57 Å². The summed E-state index contributed by atoms with van der Waals surface area (Å²) in [6.07, 6.45) is 0. The molecule has 3 heterocycles. The molecule has 0 aliphatic carbocycles. The summed E-state index contributed by atoms with van der Waals surface area (Å²) in [6.45, 7) is 0. The number of benzene rings is 9. The van der Waals surface area contributed by atoms with Gasteiger partial charge in [0.2, 0.25) is 5.95 Å². The van der Waals surface area contributed by atoms with Crippen LogP contribution >= 0.6 is 0 Å². The molecule has 0 bridgehead atoms. The lowest BCUT2D eigenvalue weighted by molar-refractivity contribution is 1.01. The van der Waals surface area contributed by atoms with E-state index in [0.717, 1.165) is 44.3 Å². The molecule has 12 rings (SSSR count). The standard InChI is InChI=1S/C52H32N4/c1-3-15-38-33(12-1)14-11-20-39(38)35-24-26-36(27-25-35)51-43-19-5-8-21-45(43)53-52(54-51)56-48-31-29-37(32-44(48)50-40-16-4-2-13-34(40)28-30-49(50)56)55-46-22-9-6-17-41(46)42-18-7-10-23-47(42)55/h1-32H. The number of fused-ring (bicyclic) bond motifs is 10. The van der Waals surface area contributed by atoms with Crippen LogP contribution in [0.15, 0.2) is 194 Å². The van der Waals surface area contributed by atoms with Crippen molar-refractivity contribution in [3.05, 3.63) is 194 Å². The Kier molecular flexibility index (Phi) is 6.60. The number of aromatic nitrogens is 4. The monoisotopic (exact) mass is 712 g/mol. The first-order chi connectivity index (χ1) is 27.8. The van der Waals surface area contributed by atoms with E-state index >= 15 is 0 Å². The maximum atomic E-state index is 5.45. The van der Waals surface area contributed by atoms with Crippen molar-refractivity contribution >= 4 is 76.1 Å². The van der Waals surface area contributed by atoms with E-state index in [9.17, 15) is 0 Å². The van der Waals surface area contributed by atoms with Crippen LogP contribution in [0.5, 0.6) is 0 Å². The smallest absolute Gasteiger partial charge is 0.235 e. The predicted molar refractivity (Wildman–Crippen MR) is 234 cm³/mol. The van der Waals surface area contributed by atoms with E-state index in [2.05, 4.69) is 203 Å². The van der Waals surface area contributed by atoms with Crippen molar-refractivity contribution in [3.63, 3.8) is 0 Å². The second-order valence-electron chi connectivity index (χ2n) is 14.6. The molecule has 0 radical (unpaired) electrons. The fourth-order valence-electron chi connectivity index (χ4n) is 9.00. The predicted octanol–water partition coefficient (Wildman–Crippen LogP) is 13.5. The van der Waals surface area contributed by atoms with Gasteiger partial charge in [-0.2, -0.15) is 0 Å². The Labute approximate surface area is 322 Å². The summed E-state index contributed by atoms with van der Waals surface area (Å²) in [7, 11) is 0. The van der Waals surface area contributed by atoms with E-state index in [1.54, 1.807) is 0 Å². The number of hydrogen-bond acceptors (Lipinski definition) is 2. The molecular weight excluding hydrogens is 681 g/mol. The van der Waals surface area contributed by atoms with Gasteiger partial charge < -0.3 is 4.57 Å². The summed E-state index contributed by atoms with van der Waals surface area (Å²) in [4.78, 5) is 10.7. The number of para-hydroxylation sites is 3. The van der Waals surface area contributed by atoms with E-state index in [1.807, 2.05) is 0 Å². The summed E-state index contributed by atoms with van der Waals surface area (Å²) in [5, 5.41) is 10.8. The van der Waals surface area contributed by atoms with Crippen LogP contribution in [0, 0.1) is 0 Å². The highest BCUT2D eigenvalue weighted by Crippen LogP contribution is 2.40. The van der Waals surface area contributed by atoms with Gasteiger partial charge >= 0.3 is 0 Å². The molecule has 0 N–H and O–H groups in total. The van der Waals surface area contributed by atoms with E-state index < -0.39 is 0 Å². The fraction of sp³-hybridized carbons (Fsp3) is 0.